The number of pyridine rings is 1. The number of hydrogen-bond donors (Lipinski definition) is 1. The maximum atomic E-state index is 12.5. The van der Waals surface area contributed by atoms with Gasteiger partial charge in [0.05, 0.1) is 11.2 Å². The van der Waals surface area contributed by atoms with Crippen LogP contribution in [0, 0.1) is 6.92 Å². The van der Waals surface area contributed by atoms with Crippen molar-refractivity contribution in [2.45, 2.75) is 6.92 Å². The molecule has 0 unspecified atom stereocenters. The van der Waals surface area contributed by atoms with E-state index in [4.69, 9.17) is 4.74 Å². The number of anilines is 1. The molecule has 1 N–H and O–H groups in total. The summed E-state index contributed by atoms with van der Waals surface area (Å²) in [6, 6.07) is 14.7. The fourth-order valence-electron chi connectivity index (χ4n) is 2.48. The molecule has 3 rings (SSSR count). The minimum Gasteiger partial charge on any atom is -0.490 e. The predicted octanol–water partition coefficient (Wildman–Crippen LogP) is 4.36. The number of benzene rings is 2. The summed E-state index contributed by atoms with van der Waals surface area (Å²) in [5.41, 5.74) is 3.29. The smallest absolute Gasteiger partial charge is 0.255 e. The lowest BCUT2D eigenvalue weighted by Gasteiger charge is -2.10. The van der Waals surface area contributed by atoms with E-state index in [-0.39, 0.29) is 5.91 Å². The van der Waals surface area contributed by atoms with Crippen molar-refractivity contribution in [2.75, 3.05) is 11.9 Å². The van der Waals surface area contributed by atoms with Gasteiger partial charge in [0.15, 0.2) is 0 Å². The van der Waals surface area contributed by atoms with E-state index in [0.717, 1.165) is 22.2 Å². The molecule has 2 aromatic carbocycles. The lowest BCUT2D eigenvalue weighted by Crippen LogP contribution is -2.12. The SMILES string of the molecule is C=CCOc1ccc(C(=O)Nc2ccc(C)c3ncccc23)cc1. The predicted molar refractivity (Wildman–Crippen MR) is 96.6 cm³/mol. The fraction of sp³-hybridized carbons (Fsp3) is 0.100. The number of nitrogens with one attached hydrogen (secondary N) is 1. The van der Waals surface area contributed by atoms with Gasteiger partial charge in [-0.15, -0.1) is 0 Å². The Morgan fingerprint density at radius 3 is 2.75 bits per heavy atom. The van der Waals surface area contributed by atoms with E-state index >= 15 is 0 Å². The van der Waals surface area contributed by atoms with Gasteiger partial charge in [0, 0.05) is 17.1 Å². The quantitative estimate of drug-likeness (QED) is 0.711. The highest BCUT2D eigenvalue weighted by molar-refractivity contribution is 6.09. The zero-order valence-electron chi connectivity index (χ0n) is 13.5. The van der Waals surface area contributed by atoms with Crippen LogP contribution in [-0.4, -0.2) is 17.5 Å². The number of carbonyl (C=O) groups excluding carboxylic acids is 1. The third-order valence-electron chi connectivity index (χ3n) is 3.70. The molecule has 3 aromatic rings. The normalized spacial score (nSPS) is 10.4. The Morgan fingerprint density at radius 2 is 2.00 bits per heavy atom. The molecule has 0 aliphatic carbocycles. The molecule has 0 radical (unpaired) electrons. The summed E-state index contributed by atoms with van der Waals surface area (Å²) < 4.78 is 5.42. The first-order chi connectivity index (χ1) is 11.7. The van der Waals surface area contributed by atoms with Crippen LogP contribution >= 0.6 is 0 Å². The van der Waals surface area contributed by atoms with Gasteiger partial charge in [0.25, 0.3) is 5.91 Å². The Labute approximate surface area is 140 Å². The van der Waals surface area contributed by atoms with Gasteiger partial charge in [-0.05, 0) is 55.0 Å². The number of aromatic nitrogens is 1. The highest BCUT2D eigenvalue weighted by atomic mass is 16.5. The van der Waals surface area contributed by atoms with E-state index in [1.807, 2.05) is 31.2 Å². The number of carbonyl (C=O) groups is 1. The number of nitrogens with zero attached hydrogens (tertiary/aromatic N) is 1. The molecule has 24 heavy (non-hydrogen) atoms. The van der Waals surface area contributed by atoms with Gasteiger partial charge in [-0.1, -0.05) is 18.7 Å². The minimum atomic E-state index is -0.167. The summed E-state index contributed by atoms with van der Waals surface area (Å²) in [6.45, 7) is 6.05. The van der Waals surface area contributed by atoms with Gasteiger partial charge in [-0.3, -0.25) is 9.78 Å². The average Bonchev–Trinajstić information content (AvgIpc) is 2.63. The van der Waals surface area contributed by atoms with Gasteiger partial charge in [0.2, 0.25) is 0 Å². The summed E-state index contributed by atoms with van der Waals surface area (Å²) in [4.78, 5) is 16.9. The van der Waals surface area contributed by atoms with E-state index in [0.29, 0.717) is 17.9 Å². The Balaban J connectivity index is 1.82. The summed E-state index contributed by atoms with van der Waals surface area (Å²) in [5.74, 6) is 0.538. The number of amides is 1. The van der Waals surface area contributed by atoms with E-state index in [1.165, 1.54) is 0 Å². The van der Waals surface area contributed by atoms with Crippen molar-refractivity contribution in [2.24, 2.45) is 0 Å². The minimum absolute atomic E-state index is 0.167. The van der Waals surface area contributed by atoms with Crippen molar-refractivity contribution in [1.29, 1.82) is 0 Å². The first-order valence-electron chi connectivity index (χ1n) is 7.68. The zero-order valence-corrected chi connectivity index (χ0v) is 13.5. The number of rotatable bonds is 5. The fourth-order valence-corrected chi connectivity index (χ4v) is 2.48. The Hall–Kier alpha value is -3.14. The van der Waals surface area contributed by atoms with Crippen molar-refractivity contribution >= 4 is 22.5 Å². The Bertz CT molecular complexity index is 886. The molecule has 1 heterocycles. The summed E-state index contributed by atoms with van der Waals surface area (Å²) in [7, 11) is 0. The van der Waals surface area contributed by atoms with Gasteiger partial charge >= 0.3 is 0 Å². The van der Waals surface area contributed by atoms with E-state index in [2.05, 4.69) is 16.9 Å². The molecule has 120 valence electrons. The van der Waals surface area contributed by atoms with Crippen molar-refractivity contribution in [1.82, 2.24) is 4.98 Å². The molecule has 0 bridgehead atoms. The van der Waals surface area contributed by atoms with Crippen LogP contribution in [0.2, 0.25) is 0 Å². The van der Waals surface area contributed by atoms with Gasteiger partial charge < -0.3 is 10.1 Å². The number of fused-ring (bicyclic) bond motifs is 1. The van der Waals surface area contributed by atoms with Gasteiger partial charge in [0.1, 0.15) is 12.4 Å². The first kappa shape index (κ1) is 15.7. The number of hydrogen-bond acceptors (Lipinski definition) is 3. The van der Waals surface area contributed by atoms with Crippen molar-refractivity contribution in [3.05, 3.63) is 78.5 Å². The van der Waals surface area contributed by atoms with Crippen LogP contribution in [0.25, 0.3) is 10.9 Å². The van der Waals surface area contributed by atoms with Crippen LogP contribution in [0.15, 0.2) is 67.4 Å². The van der Waals surface area contributed by atoms with E-state index < -0.39 is 0 Å². The van der Waals surface area contributed by atoms with Gasteiger partial charge in [-0.25, -0.2) is 0 Å². The maximum Gasteiger partial charge on any atom is 0.255 e. The molecule has 0 saturated heterocycles. The molecular formula is C20H18N2O2. The van der Waals surface area contributed by atoms with Crippen LogP contribution in [0.3, 0.4) is 0 Å². The standard InChI is InChI=1S/C20H18N2O2/c1-3-13-24-16-9-7-15(8-10-16)20(23)22-18-11-6-14(2)19-17(18)5-4-12-21-19/h3-12H,1,13H2,2H3,(H,22,23). The van der Waals surface area contributed by atoms with Crippen LogP contribution in [0.5, 0.6) is 5.75 Å². The van der Waals surface area contributed by atoms with Gasteiger partial charge in [-0.2, -0.15) is 0 Å². The second-order valence-electron chi connectivity index (χ2n) is 5.41. The Kier molecular flexibility index (Phi) is 4.57. The van der Waals surface area contributed by atoms with Crippen LogP contribution < -0.4 is 10.1 Å². The highest BCUT2D eigenvalue weighted by Crippen LogP contribution is 2.25. The van der Waals surface area contributed by atoms with Crippen LogP contribution in [0.1, 0.15) is 15.9 Å². The average molecular weight is 318 g/mol. The molecule has 0 saturated carbocycles. The number of aryl methyl sites for hydroxylation is 1. The van der Waals surface area contributed by atoms with E-state index in [1.54, 1.807) is 36.5 Å². The molecule has 1 aromatic heterocycles. The summed E-state index contributed by atoms with van der Waals surface area (Å²) in [6.07, 6.45) is 3.43. The molecule has 0 fully saturated rings. The lowest BCUT2D eigenvalue weighted by atomic mass is 10.1. The molecule has 0 spiro atoms. The van der Waals surface area contributed by atoms with Crippen LogP contribution in [-0.2, 0) is 0 Å². The maximum absolute atomic E-state index is 12.5. The molecule has 1 amide bonds. The summed E-state index contributed by atoms with van der Waals surface area (Å²) in [5, 5.41) is 3.88. The molecule has 0 aliphatic rings. The second-order valence-corrected chi connectivity index (χ2v) is 5.41. The summed E-state index contributed by atoms with van der Waals surface area (Å²) >= 11 is 0. The molecule has 4 heteroatoms. The van der Waals surface area contributed by atoms with Crippen molar-refractivity contribution in [3.63, 3.8) is 0 Å². The second kappa shape index (κ2) is 6.96. The molecule has 4 nitrogen and oxygen atoms in total. The lowest BCUT2D eigenvalue weighted by molar-refractivity contribution is 0.102. The topological polar surface area (TPSA) is 51.2 Å². The van der Waals surface area contributed by atoms with E-state index in [9.17, 15) is 4.79 Å². The largest absolute Gasteiger partial charge is 0.490 e. The molecule has 0 aliphatic heterocycles. The molecular weight excluding hydrogens is 300 g/mol. The van der Waals surface area contributed by atoms with Crippen molar-refractivity contribution in [3.8, 4) is 5.75 Å². The Morgan fingerprint density at radius 1 is 1.21 bits per heavy atom. The highest BCUT2D eigenvalue weighted by Gasteiger charge is 2.10. The molecule has 0 atom stereocenters. The van der Waals surface area contributed by atoms with Crippen molar-refractivity contribution < 1.29 is 9.53 Å². The zero-order chi connectivity index (χ0) is 16.9. The van der Waals surface area contributed by atoms with Crippen LogP contribution in [0.4, 0.5) is 5.69 Å². The first-order valence-corrected chi connectivity index (χ1v) is 7.68. The number of ether oxygens (including phenoxy) is 1. The third-order valence-corrected chi connectivity index (χ3v) is 3.70. The monoisotopic (exact) mass is 318 g/mol. The third kappa shape index (κ3) is 3.27.